The van der Waals surface area contributed by atoms with E-state index in [1.54, 1.807) is 0 Å². The maximum absolute atomic E-state index is 2.43. The van der Waals surface area contributed by atoms with E-state index in [0.717, 1.165) is 5.92 Å². The first kappa shape index (κ1) is 19.0. The van der Waals surface area contributed by atoms with E-state index in [-0.39, 0.29) is 7.43 Å². The Hall–Kier alpha value is -1.04. The van der Waals surface area contributed by atoms with Crippen molar-refractivity contribution >= 4 is 6.08 Å². The third-order valence-corrected chi connectivity index (χ3v) is 3.79. The molecule has 1 fully saturated rings. The quantitative estimate of drug-likeness (QED) is 0.553. The lowest BCUT2D eigenvalue weighted by Gasteiger charge is -2.17. The maximum atomic E-state index is 2.43. The van der Waals surface area contributed by atoms with E-state index in [1.807, 2.05) is 13.8 Å². The molecule has 0 radical (unpaired) electrons. The van der Waals surface area contributed by atoms with Crippen LogP contribution in [0.5, 0.6) is 0 Å². The van der Waals surface area contributed by atoms with Crippen molar-refractivity contribution in [3.05, 3.63) is 41.5 Å². The summed E-state index contributed by atoms with van der Waals surface area (Å²) in [6, 6.07) is 8.94. The van der Waals surface area contributed by atoms with Crippen LogP contribution in [0.4, 0.5) is 0 Å². The fourth-order valence-corrected chi connectivity index (χ4v) is 2.60. The maximum Gasteiger partial charge on any atom is -0.0219 e. The van der Waals surface area contributed by atoms with Crippen molar-refractivity contribution in [2.45, 2.75) is 73.1 Å². The Morgan fingerprint density at radius 2 is 1.70 bits per heavy atom. The molecule has 1 aromatic rings. The first-order valence-corrected chi connectivity index (χ1v) is 8.04. The lowest BCUT2D eigenvalue weighted by atomic mass is 9.88. The molecule has 0 heterocycles. The molecule has 2 rings (SSSR count). The minimum Gasteiger partial charge on any atom is -0.0808 e. The van der Waals surface area contributed by atoms with Crippen molar-refractivity contribution < 1.29 is 0 Å². The molecule has 114 valence electrons. The van der Waals surface area contributed by atoms with Gasteiger partial charge in [-0.15, -0.1) is 0 Å². The van der Waals surface area contributed by atoms with Gasteiger partial charge < -0.3 is 0 Å². The number of rotatable bonds is 3. The normalized spacial score (nSPS) is 15.7. The number of benzene rings is 1. The summed E-state index contributed by atoms with van der Waals surface area (Å²) in [5.41, 5.74) is 2.80. The van der Waals surface area contributed by atoms with Gasteiger partial charge in [0.05, 0.1) is 0 Å². The van der Waals surface area contributed by atoms with Gasteiger partial charge >= 0.3 is 0 Å². The summed E-state index contributed by atoms with van der Waals surface area (Å²) in [7, 11) is 0. The molecule has 20 heavy (non-hydrogen) atoms. The molecule has 0 heteroatoms. The highest BCUT2D eigenvalue weighted by atomic mass is 14.1. The molecule has 1 aliphatic carbocycles. The predicted octanol–water partition coefficient (Wildman–Crippen LogP) is 7.07. The Balaban J connectivity index is 0.00000115. The largest absolute Gasteiger partial charge is 0.0808 e. The van der Waals surface area contributed by atoms with Gasteiger partial charge in [0.2, 0.25) is 0 Å². The van der Waals surface area contributed by atoms with Crippen LogP contribution in [0.1, 0.15) is 84.3 Å². The molecule has 0 aromatic heterocycles. The summed E-state index contributed by atoms with van der Waals surface area (Å²) in [4.78, 5) is 0. The van der Waals surface area contributed by atoms with E-state index in [2.05, 4.69) is 50.3 Å². The highest BCUT2D eigenvalue weighted by Gasteiger charge is 2.09. The van der Waals surface area contributed by atoms with Crippen molar-refractivity contribution in [1.82, 2.24) is 0 Å². The molecule has 0 aliphatic heterocycles. The van der Waals surface area contributed by atoms with Crippen LogP contribution in [-0.4, -0.2) is 0 Å². The Morgan fingerprint density at radius 1 is 1.05 bits per heavy atom. The van der Waals surface area contributed by atoms with Crippen molar-refractivity contribution in [3.63, 3.8) is 0 Å². The van der Waals surface area contributed by atoms with Gasteiger partial charge in [-0.2, -0.15) is 0 Å². The molecule has 1 aliphatic rings. The Labute approximate surface area is 127 Å². The van der Waals surface area contributed by atoms with Crippen LogP contribution in [0, 0.1) is 5.92 Å². The first-order valence-electron chi connectivity index (χ1n) is 8.04. The van der Waals surface area contributed by atoms with Crippen LogP contribution >= 0.6 is 0 Å². The molecule has 1 saturated carbocycles. The van der Waals surface area contributed by atoms with Gasteiger partial charge in [-0.05, 0) is 35.8 Å². The lowest BCUT2D eigenvalue weighted by molar-refractivity contribution is 0.420. The van der Waals surface area contributed by atoms with Gasteiger partial charge in [-0.1, -0.05) is 90.8 Å². The molecular weight excluding hydrogens is 240 g/mol. The van der Waals surface area contributed by atoms with Crippen molar-refractivity contribution in [3.8, 4) is 0 Å². The smallest absolute Gasteiger partial charge is 0.0219 e. The molecule has 0 atom stereocenters. The Kier molecular flexibility index (Phi) is 10.2. The monoisotopic (exact) mass is 274 g/mol. The van der Waals surface area contributed by atoms with Crippen LogP contribution in [0.15, 0.2) is 30.3 Å². The zero-order valence-corrected chi connectivity index (χ0v) is 13.2. The minimum atomic E-state index is 0. The van der Waals surface area contributed by atoms with E-state index < -0.39 is 0 Å². The van der Waals surface area contributed by atoms with Crippen LogP contribution in [0.3, 0.4) is 0 Å². The van der Waals surface area contributed by atoms with Gasteiger partial charge in [-0.25, -0.2) is 0 Å². The molecule has 0 bridgehead atoms. The fourth-order valence-electron chi connectivity index (χ4n) is 2.60. The van der Waals surface area contributed by atoms with Crippen molar-refractivity contribution in [2.24, 2.45) is 5.92 Å². The van der Waals surface area contributed by atoms with Gasteiger partial charge in [0.15, 0.2) is 0 Å². The van der Waals surface area contributed by atoms with Gasteiger partial charge in [0, 0.05) is 0 Å². The number of hydrogen-bond donors (Lipinski definition) is 0. The summed E-state index contributed by atoms with van der Waals surface area (Å²) in [6.45, 7) is 8.51. The zero-order chi connectivity index (χ0) is 14.1. The van der Waals surface area contributed by atoms with Crippen molar-refractivity contribution in [2.75, 3.05) is 0 Å². The van der Waals surface area contributed by atoms with E-state index in [1.165, 1.54) is 43.2 Å². The summed E-state index contributed by atoms with van der Waals surface area (Å²) in [5, 5.41) is 0. The summed E-state index contributed by atoms with van der Waals surface area (Å²) in [5.74, 6) is 1.45. The number of allylic oxidation sites excluding steroid dienone is 1. The van der Waals surface area contributed by atoms with E-state index in [9.17, 15) is 0 Å². The highest BCUT2D eigenvalue weighted by molar-refractivity contribution is 5.51. The van der Waals surface area contributed by atoms with E-state index in [0.29, 0.717) is 5.92 Å². The SMILES string of the molecule is C.CC.CC(C)c1cccc(/C=C/C2CCCCC2)c1. The third-order valence-electron chi connectivity index (χ3n) is 3.79. The molecule has 0 spiro atoms. The van der Waals surface area contributed by atoms with Crippen molar-refractivity contribution in [1.29, 1.82) is 0 Å². The average Bonchev–Trinajstić information content (AvgIpc) is 2.48. The molecule has 0 unspecified atom stereocenters. The van der Waals surface area contributed by atoms with E-state index in [4.69, 9.17) is 0 Å². The van der Waals surface area contributed by atoms with Gasteiger partial charge in [0.1, 0.15) is 0 Å². The predicted molar refractivity (Wildman–Crippen MR) is 94.2 cm³/mol. The fraction of sp³-hybridized carbons (Fsp3) is 0.600. The third kappa shape index (κ3) is 6.41. The lowest BCUT2D eigenvalue weighted by Crippen LogP contribution is -2.02. The summed E-state index contributed by atoms with van der Waals surface area (Å²) < 4.78 is 0. The Morgan fingerprint density at radius 3 is 2.30 bits per heavy atom. The molecule has 0 nitrogen and oxygen atoms in total. The van der Waals surface area contributed by atoms with Crippen LogP contribution in [-0.2, 0) is 0 Å². The minimum absolute atomic E-state index is 0. The van der Waals surface area contributed by atoms with Crippen LogP contribution < -0.4 is 0 Å². The second-order valence-electron chi connectivity index (χ2n) is 5.58. The highest BCUT2D eigenvalue weighted by Crippen LogP contribution is 2.25. The molecule has 0 saturated heterocycles. The standard InChI is InChI=1S/C17H24.C2H6.CH4/c1-14(2)17-10-6-9-16(13-17)12-11-15-7-4-3-5-8-15;1-2;/h6,9-15H,3-5,7-8H2,1-2H3;1-2H3;1H4/b12-11+;;. The van der Waals surface area contributed by atoms with Gasteiger partial charge in [-0.3, -0.25) is 0 Å². The average molecular weight is 274 g/mol. The Bertz CT molecular complexity index is 367. The second-order valence-corrected chi connectivity index (χ2v) is 5.58. The molecular formula is C20H34. The second kappa shape index (κ2) is 10.7. The molecule has 1 aromatic carbocycles. The van der Waals surface area contributed by atoms with Crippen LogP contribution in [0.2, 0.25) is 0 Å². The van der Waals surface area contributed by atoms with Gasteiger partial charge in [0.25, 0.3) is 0 Å². The summed E-state index contributed by atoms with van der Waals surface area (Å²) >= 11 is 0. The topological polar surface area (TPSA) is 0 Å². The number of hydrogen-bond acceptors (Lipinski definition) is 0. The molecule has 0 amide bonds. The van der Waals surface area contributed by atoms with Crippen LogP contribution in [0.25, 0.3) is 6.08 Å². The molecule has 0 N–H and O–H groups in total. The van der Waals surface area contributed by atoms with E-state index >= 15 is 0 Å². The first-order chi connectivity index (χ1) is 9.25. The summed E-state index contributed by atoms with van der Waals surface area (Å²) in [6.07, 6.45) is 11.8. The zero-order valence-electron chi connectivity index (χ0n) is 13.2.